The summed E-state index contributed by atoms with van der Waals surface area (Å²) in [6.45, 7) is 0. The molecule has 2 aromatic rings. The number of benzene rings is 1. The number of imidazole rings is 1. The van der Waals surface area contributed by atoms with Crippen molar-refractivity contribution in [3.63, 3.8) is 0 Å². The van der Waals surface area contributed by atoms with Crippen molar-refractivity contribution in [2.24, 2.45) is 0 Å². The van der Waals surface area contributed by atoms with Crippen LogP contribution >= 0.6 is 0 Å². The second-order valence-corrected chi connectivity index (χ2v) is 5.93. The van der Waals surface area contributed by atoms with Crippen molar-refractivity contribution < 1.29 is 14.3 Å². The van der Waals surface area contributed by atoms with Gasteiger partial charge in [-0.2, -0.15) is 0 Å². The molecule has 7 nitrogen and oxygen atoms in total. The lowest BCUT2D eigenvalue weighted by molar-refractivity contribution is -0.149. The quantitative estimate of drug-likeness (QED) is 0.745. The molecule has 0 spiro atoms. The molecular formula is C16H19N3O4. The van der Waals surface area contributed by atoms with Gasteiger partial charge >= 0.3 is 11.7 Å². The van der Waals surface area contributed by atoms with Gasteiger partial charge in [0.25, 0.3) is 5.91 Å². The summed E-state index contributed by atoms with van der Waals surface area (Å²) in [7, 11) is 1.33. The smallest absolute Gasteiger partial charge is 0.331 e. The van der Waals surface area contributed by atoms with Crippen molar-refractivity contribution in [3.8, 4) is 0 Å². The lowest BCUT2D eigenvalue weighted by Crippen LogP contribution is -2.56. The van der Waals surface area contributed by atoms with E-state index < -0.39 is 11.5 Å². The molecule has 3 N–H and O–H groups in total. The fourth-order valence-electron chi connectivity index (χ4n) is 3.19. The Morgan fingerprint density at radius 3 is 2.52 bits per heavy atom. The van der Waals surface area contributed by atoms with Crippen LogP contribution in [0.3, 0.4) is 0 Å². The van der Waals surface area contributed by atoms with E-state index in [1.165, 1.54) is 7.11 Å². The van der Waals surface area contributed by atoms with E-state index in [2.05, 4.69) is 15.3 Å². The first kappa shape index (κ1) is 15.3. The molecule has 0 radical (unpaired) electrons. The normalized spacial score (nSPS) is 16.9. The summed E-state index contributed by atoms with van der Waals surface area (Å²) < 4.78 is 4.90. The summed E-state index contributed by atoms with van der Waals surface area (Å²) in [5.74, 6) is -0.747. The average Bonchev–Trinajstić information content (AvgIpc) is 2.93. The van der Waals surface area contributed by atoms with Gasteiger partial charge < -0.3 is 20.0 Å². The van der Waals surface area contributed by atoms with Crippen LogP contribution < -0.4 is 11.0 Å². The van der Waals surface area contributed by atoms with Crippen molar-refractivity contribution in [1.29, 1.82) is 0 Å². The van der Waals surface area contributed by atoms with Crippen LogP contribution in [0.15, 0.2) is 23.0 Å². The van der Waals surface area contributed by atoms with Gasteiger partial charge in [-0.1, -0.05) is 19.3 Å². The predicted molar refractivity (Wildman–Crippen MR) is 84.2 cm³/mol. The van der Waals surface area contributed by atoms with Crippen molar-refractivity contribution >= 4 is 22.9 Å². The van der Waals surface area contributed by atoms with E-state index in [1.54, 1.807) is 18.2 Å². The van der Waals surface area contributed by atoms with Crippen molar-refractivity contribution in [3.05, 3.63) is 34.2 Å². The third kappa shape index (κ3) is 2.86. The first-order chi connectivity index (χ1) is 11.0. The molecule has 0 unspecified atom stereocenters. The fraction of sp³-hybridized carbons (Fsp3) is 0.438. The topological polar surface area (TPSA) is 104 Å². The molecule has 0 atom stereocenters. The van der Waals surface area contributed by atoms with Crippen LogP contribution in [0.2, 0.25) is 0 Å². The number of aromatic nitrogens is 2. The van der Waals surface area contributed by atoms with Gasteiger partial charge in [0.15, 0.2) is 0 Å². The molecule has 1 aromatic heterocycles. The highest BCUT2D eigenvalue weighted by Crippen LogP contribution is 2.29. The van der Waals surface area contributed by atoms with E-state index in [1.807, 2.05) is 0 Å². The standard InChI is InChI=1S/C16H19N3O4/c1-23-14(21)16(7-3-2-4-8-16)19-13(20)10-5-6-11-12(9-10)18-15(22)17-11/h5-6,9H,2-4,7-8H2,1H3,(H,19,20)(H2,17,18,22). The molecule has 1 aliphatic rings. The maximum absolute atomic E-state index is 12.6. The minimum atomic E-state index is -0.954. The summed E-state index contributed by atoms with van der Waals surface area (Å²) in [6.07, 6.45) is 3.95. The van der Waals surface area contributed by atoms with Crippen molar-refractivity contribution in [1.82, 2.24) is 15.3 Å². The van der Waals surface area contributed by atoms with E-state index in [9.17, 15) is 14.4 Å². The monoisotopic (exact) mass is 317 g/mol. The van der Waals surface area contributed by atoms with Crippen LogP contribution in [-0.4, -0.2) is 34.5 Å². The zero-order chi connectivity index (χ0) is 16.4. The molecule has 0 bridgehead atoms. The van der Waals surface area contributed by atoms with Gasteiger partial charge in [-0.15, -0.1) is 0 Å². The van der Waals surface area contributed by atoms with Crippen molar-refractivity contribution in [2.75, 3.05) is 7.11 Å². The molecule has 3 rings (SSSR count). The molecular weight excluding hydrogens is 298 g/mol. The number of methoxy groups -OCH3 is 1. The number of amides is 1. The largest absolute Gasteiger partial charge is 0.467 e. The highest BCUT2D eigenvalue weighted by molar-refractivity contribution is 6.00. The molecule has 1 aromatic carbocycles. The van der Waals surface area contributed by atoms with Gasteiger partial charge in [-0.25, -0.2) is 9.59 Å². The molecule has 1 amide bonds. The Kier molecular flexibility index (Phi) is 3.94. The van der Waals surface area contributed by atoms with Crippen LogP contribution in [0.5, 0.6) is 0 Å². The van der Waals surface area contributed by atoms with Gasteiger partial charge in [-0.3, -0.25) is 4.79 Å². The highest BCUT2D eigenvalue weighted by Gasteiger charge is 2.42. The summed E-state index contributed by atoms with van der Waals surface area (Å²) >= 11 is 0. The van der Waals surface area contributed by atoms with Gasteiger partial charge in [0.1, 0.15) is 5.54 Å². The Bertz CT molecular complexity index is 799. The Hall–Kier alpha value is -2.57. The minimum Gasteiger partial charge on any atom is -0.467 e. The first-order valence-corrected chi connectivity index (χ1v) is 7.67. The first-order valence-electron chi connectivity index (χ1n) is 7.67. The second-order valence-electron chi connectivity index (χ2n) is 5.93. The van der Waals surface area contributed by atoms with E-state index in [0.29, 0.717) is 29.4 Å². The van der Waals surface area contributed by atoms with Crippen LogP contribution in [0.1, 0.15) is 42.5 Å². The number of hydrogen-bond acceptors (Lipinski definition) is 4. The number of rotatable bonds is 3. The van der Waals surface area contributed by atoms with Gasteiger partial charge in [0.05, 0.1) is 18.1 Å². The molecule has 1 heterocycles. The highest BCUT2D eigenvalue weighted by atomic mass is 16.5. The maximum Gasteiger partial charge on any atom is 0.331 e. The van der Waals surface area contributed by atoms with E-state index in [4.69, 9.17) is 4.74 Å². The van der Waals surface area contributed by atoms with E-state index in [0.717, 1.165) is 19.3 Å². The summed E-state index contributed by atoms with van der Waals surface area (Å²) in [6, 6.07) is 4.87. The number of carbonyl (C=O) groups is 2. The van der Waals surface area contributed by atoms with Crippen LogP contribution in [0.4, 0.5) is 0 Å². The van der Waals surface area contributed by atoms with Crippen LogP contribution in [0.25, 0.3) is 11.0 Å². The number of fused-ring (bicyclic) bond motifs is 1. The Labute approximate surface area is 132 Å². The third-order valence-electron chi connectivity index (χ3n) is 4.41. The summed E-state index contributed by atoms with van der Waals surface area (Å²) in [5.41, 5.74) is 0.299. The molecule has 122 valence electrons. The molecule has 1 fully saturated rings. The van der Waals surface area contributed by atoms with Crippen LogP contribution in [0, 0.1) is 0 Å². The zero-order valence-corrected chi connectivity index (χ0v) is 12.9. The predicted octanol–water partition coefficient (Wildman–Crippen LogP) is 1.46. The lowest BCUT2D eigenvalue weighted by Gasteiger charge is -2.35. The lowest BCUT2D eigenvalue weighted by atomic mass is 9.81. The van der Waals surface area contributed by atoms with Gasteiger partial charge in [0.2, 0.25) is 0 Å². The van der Waals surface area contributed by atoms with Crippen molar-refractivity contribution in [2.45, 2.75) is 37.6 Å². The number of esters is 1. The number of ether oxygens (including phenoxy) is 1. The summed E-state index contributed by atoms with van der Waals surface area (Å²) in [5, 5.41) is 2.86. The average molecular weight is 317 g/mol. The molecule has 7 heteroatoms. The Balaban J connectivity index is 1.87. The zero-order valence-electron chi connectivity index (χ0n) is 12.9. The number of nitrogens with one attached hydrogen (secondary N) is 3. The SMILES string of the molecule is COC(=O)C1(NC(=O)c2ccc3[nH]c(=O)[nH]c3c2)CCCCC1. The molecule has 1 aliphatic carbocycles. The third-order valence-corrected chi connectivity index (χ3v) is 4.41. The van der Waals surface area contributed by atoms with E-state index >= 15 is 0 Å². The van der Waals surface area contributed by atoms with Gasteiger partial charge in [0, 0.05) is 5.56 Å². The Morgan fingerprint density at radius 2 is 1.83 bits per heavy atom. The minimum absolute atomic E-state index is 0.323. The molecule has 23 heavy (non-hydrogen) atoms. The Morgan fingerprint density at radius 1 is 1.13 bits per heavy atom. The molecule has 0 aliphatic heterocycles. The molecule has 0 saturated heterocycles. The van der Waals surface area contributed by atoms with E-state index in [-0.39, 0.29) is 11.6 Å². The number of aromatic amines is 2. The number of carbonyl (C=O) groups excluding carboxylic acids is 2. The van der Waals surface area contributed by atoms with Crippen LogP contribution in [-0.2, 0) is 9.53 Å². The fourth-order valence-corrected chi connectivity index (χ4v) is 3.19. The molecule has 1 saturated carbocycles. The van der Waals surface area contributed by atoms with Gasteiger partial charge in [-0.05, 0) is 31.0 Å². The second kappa shape index (κ2) is 5.91. The number of H-pyrrole nitrogens is 2. The summed E-state index contributed by atoms with van der Waals surface area (Å²) in [4.78, 5) is 41.3. The maximum atomic E-state index is 12.6. The number of hydrogen-bond donors (Lipinski definition) is 3.